The lowest BCUT2D eigenvalue weighted by molar-refractivity contribution is -0.119. The molecule has 32 heavy (non-hydrogen) atoms. The second kappa shape index (κ2) is 11.7. The molecule has 3 aromatic carbocycles. The molecule has 1 N–H and O–H groups in total. The SMILES string of the molecule is Cc1ccc(CSCCNC(=O)CN(c2ccc(I)cc2)S(=O)(=O)c2ccccc2)cc1. The first kappa shape index (κ1) is 24.6. The molecule has 0 aliphatic rings. The van der Waals surface area contributed by atoms with E-state index in [4.69, 9.17) is 0 Å². The summed E-state index contributed by atoms with van der Waals surface area (Å²) in [6.45, 7) is 2.26. The van der Waals surface area contributed by atoms with Crippen LogP contribution in [0.1, 0.15) is 11.1 Å². The van der Waals surface area contributed by atoms with Crippen LogP contribution in [0.15, 0.2) is 83.8 Å². The first-order valence-corrected chi connectivity index (χ1v) is 13.8. The number of hydrogen-bond donors (Lipinski definition) is 1. The molecule has 0 atom stereocenters. The Morgan fingerprint density at radius 1 is 0.969 bits per heavy atom. The molecule has 168 valence electrons. The monoisotopic (exact) mass is 580 g/mol. The number of nitrogens with zero attached hydrogens (tertiary/aromatic N) is 1. The number of nitrogens with one attached hydrogen (secondary N) is 1. The molecule has 3 rings (SSSR count). The Kier molecular flexibility index (Phi) is 9.01. The molecular weight excluding hydrogens is 555 g/mol. The van der Waals surface area contributed by atoms with Crippen molar-refractivity contribution in [1.82, 2.24) is 5.32 Å². The second-order valence-electron chi connectivity index (χ2n) is 7.19. The Balaban J connectivity index is 1.61. The molecule has 3 aromatic rings. The van der Waals surface area contributed by atoms with Gasteiger partial charge in [-0.15, -0.1) is 0 Å². The highest BCUT2D eigenvalue weighted by Crippen LogP contribution is 2.24. The first-order valence-electron chi connectivity index (χ1n) is 10.1. The lowest BCUT2D eigenvalue weighted by atomic mass is 10.2. The minimum Gasteiger partial charge on any atom is -0.354 e. The van der Waals surface area contributed by atoms with Crippen molar-refractivity contribution >= 4 is 56.0 Å². The molecule has 1 amide bonds. The van der Waals surface area contributed by atoms with E-state index in [1.165, 1.54) is 23.3 Å². The fourth-order valence-electron chi connectivity index (χ4n) is 2.97. The Morgan fingerprint density at radius 3 is 2.28 bits per heavy atom. The summed E-state index contributed by atoms with van der Waals surface area (Å²) in [4.78, 5) is 12.8. The van der Waals surface area contributed by atoms with Crippen LogP contribution >= 0.6 is 34.4 Å². The van der Waals surface area contributed by atoms with Crippen molar-refractivity contribution in [3.05, 3.63) is 93.6 Å². The predicted octanol–water partition coefficient (Wildman–Crippen LogP) is 4.84. The van der Waals surface area contributed by atoms with E-state index in [0.717, 1.165) is 19.4 Å². The van der Waals surface area contributed by atoms with Gasteiger partial charge in [-0.05, 0) is 71.5 Å². The van der Waals surface area contributed by atoms with Gasteiger partial charge in [-0.2, -0.15) is 11.8 Å². The summed E-state index contributed by atoms with van der Waals surface area (Å²) in [5.74, 6) is 1.28. The number of rotatable bonds is 10. The van der Waals surface area contributed by atoms with Crippen LogP contribution in [0.5, 0.6) is 0 Å². The van der Waals surface area contributed by atoms with Crippen LogP contribution in [0, 0.1) is 10.5 Å². The summed E-state index contributed by atoms with van der Waals surface area (Å²) in [5.41, 5.74) is 2.93. The number of benzene rings is 3. The van der Waals surface area contributed by atoms with Gasteiger partial charge in [0.1, 0.15) is 6.54 Å². The molecule has 0 radical (unpaired) electrons. The van der Waals surface area contributed by atoms with Crippen molar-refractivity contribution < 1.29 is 13.2 Å². The average Bonchev–Trinajstić information content (AvgIpc) is 2.80. The van der Waals surface area contributed by atoms with Crippen molar-refractivity contribution in [3.63, 3.8) is 0 Å². The highest BCUT2D eigenvalue weighted by Gasteiger charge is 2.26. The molecule has 0 saturated heterocycles. The van der Waals surface area contributed by atoms with Gasteiger partial charge in [-0.3, -0.25) is 9.10 Å². The zero-order valence-corrected chi connectivity index (χ0v) is 21.5. The highest BCUT2D eigenvalue weighted by molar-refractivity contribution is 14.1. The van der Waals surface area contributed by atoms with Gasteiger partial charge in [0.05, 0.1) is 10.6 Å². The molecule has 0 heterocycles. The average molecular weight is 581 g/mol. The number of carbonyl (C=O) groups excluding carboxylic acids is 1. The summed E-state index contributed by atoms with van der Waals surface area (Å²) in [6, 6.07) is 23.6. The Bertz CT molecular complexity index is 1120. The largest absolute Gasteiger partial charge is 0.354 e. The number of amides is 1. The van der Waals surface area contributed by atoms with E-state index in [2.05, 4.69) is 59.1 Å². The van der Waals surface area contributed by atoms with Gasteiger partial charge in [-0.1, -0.05) is 48.0 Å². The lowest BCUT2D eigenvalue weighted by Crippen LogP contribution is -2.41. The topological polar surface area (TPSA) is 66.5 Å². The quantitative estimate of drug-likeness (QED) is 0.275. The van der Waals surface area contributed by atoms with Gasteiger partial charge in [0.2, 0.25) is 5.91 Å². The molecule has 0 aliphatic carbocycles. The van der Waals surface area contributed by atoms with E-state index in [-0.39, 0.29) is 17.3 Å². The molecular formula is C24H25IN2O3S2. The third-order valence-electron chi connectivity index (χ3n) is 4.69. The number of anilines is 1. The van der Waals surface area contributed by atoms with Gasteiger partial charge < -0.3 is 5.32 Å². The molecule has 0 bridgehead atoms. The fraction of sp³-hybridized carbons (Fsp3) is 0.208. The van der Waals surface area contributed by atoms with Crippen LogP contribution in [-0.2, 0) is 20.6 Å². The zero-order valence-electron chi connectivity index (χ0n) is 17.7. The number of hydrogen-bond acceptors (Lipinski definition) is 4. The smallest absolute Gasteiger partial charge is 0.264 e. The van der Waals surface area contributed by atoms with Gasteiger partial charge >= 0.3 is 0 Å². The maximum absolute atomic E-state index is 13.3. The van der Waals surface area contributed by atoms with Crippen LogP contribution in [0.25, 0.3) is 0 Å². The van der Waals surface area contributed by atoms with Crippen LogP contribution in [0.2, 0.25) is 0 Å². The van der Waals surface area contributed by atoms with Crippen LogP contribution in [0.3, 0.4) is 0 Å². The Hall–Kier alpha value is -2.04. The number of halogens is 1. The van der Waals surface area contributed by atoms with E-state index in [0.29, 0.717) is 12.2 Å². The lowest BCUT2D eigenvalue weighted by Gasteiger charge is -2.24. The Labute approximate surface area is 207 Å². The number of sulfonamides is 1. The van der Waals surface area contributed by atoms with Crippen LogP contribution in [0.4, 0.5) is 5.69 Å². The van der Waals surface area contributed by atoms with E-state index >= 15 is 0 Å². The van der Waals surface area contributed by atoms with Gasteiger partial charge in [0, 0.05) is 21.6 Å². The third-order valence-corrected chi connectivity index (χ3v) is 8.23. The van der Waals surface area contributed by atoms with Crippen molar-refractivity contribution in [2.24, 2.45) is 0 Å². The Morgan fingerprint density at radius 2 is 1.62 bits per heavy atom. The van der Waals surface area contributed by atoms with Crippen molar-refractivity contribution in [1.29, 1.82) is 0 Å². The standard InChI is InChI=1S/C24H25IN2O3S2/c1-19-7-9-20(10-8-19)18-31-16-15-26-24(28)17-27(22-13-11-21(25)12-14-22)32(29,30)23-5-3-2-4-6-23/h2-14H,15-18H2,1H3,(H,26,28). The second-order valence-corrected chi connectivity index (χ2v) is 11.4. The number of aryl methyl sites for hydroxylation is 1. The van der Waals surface area contributed by atoms with Crippen molar-refractivity contribution in [2.75, 3.05) is 23.1 Å². The molecule has 0 saturated carbocycles. The van der Waals surface area contributed by atoms with E-state index < -0.39 is 10.0 Å². The minimum atomic E-state index is -3.87. The summed E-state index contributed by atoms with van der Waals surface area (Å²) in [7, 11) is -3.87. The van der Waals surface area contributed by atoms with E-state index in [9.17, 15) is 13.2 Å². The summed E-state index contributed by atoms with van der Waals surface area (Å²) >= 11 is 3.89. The van der Waals surface area contributed by atoms with Gasteiger partial charge in [-0.25, -0.2) is 8.42 Å². The maximum Gasteiger partial charge on any atom is 0.264 e. The number of thioether (sulfide) groups is 1. The molecule has 5 nitrogen and oxygen atoms in total. The summed E-state index contributed by atoms with van der Waals surface area (Å²) in [5, 5.41) is 2.85. The maximum atomic E-state index is 13.3. The van der Waals surface area contributed by atoms with E-state index in [1.807, 2.05) is 12.1 Å². The zero-order chi connectivity index (χ0) is 23.0. The summed E-state index contributed by atoms with van der Waals surface area (Å²) < 4.78 is 28.6. The highest BCUT2D eigenvalue weighted by atomic mass is 127. The molecule has 0 spiro atoms. The fourth-order valence-corrected chi connectivity index (χ4v) is 5.59. The third kappa shape index (κ3) is 6.98. The van der Waals surface area contributed by atoms with E-state index in [1.54, 1.807) is 42.1 Å². The van der Waals surface area contributed by atoms with Crippen LogP contribution in [-0.4, -0.2) is 33.2 Å². The predicted molar refractivity (Wildman–Crippen MR) is 140 cm³/mol. The first-order chi connectivity index (χ1) is 15.4. The van der Waals surface area contributed by atoms with Gasteiger partial charge in [0.25, 0.3) is 10.0 Å². The molecule has 0 aromatic heterocycles. The number of carbonyl (C=O) groups is 1. The molecule has 0 fully saturated rings. The van der Waals surface area contributed by atoms with Crippen molar-refractivity contribution in [2.45, 2.75) is 17.6 Å². The molecule has 0 aliphatic heterocycles. The normalized spacial score (nSPS) is 11.2. The minimum absolute atomic E-state index is 0.153. The van der Waals surface area contributed by atoms with Crippen LogP contribution < -0.4 is 9.62 Å². The summed E-state index contributed by atoms with van der Waals surface area (Å²) in [6.07, 6.45) is 0. The van der Waals surface area contributed by atoms with Gasteiger partial charge in [0.15, 0.2) is 0 Å². The molecule has 8 heteroatoms. The molecule has 0 unspecified atom stereocenters. The van der Waals surface area contributed by atoms with Crippen molar-refractivity contribution in [3.8, 4) is 0 Å².